The lowest BCUT2D eigenvalue weighted by molar-refractivity contribution is 0.321. The van der Waals surface area contributed by atoms with Crippen LogP contribution in [0.1, 0.15) is 39.2 Å². The minimum atomic E-state index is 0.0537. The Morgan fingerprint density at radius 2 is 2.10 bits per heavy atom. The molecule has 20 heavy (non-hydrogen) atoms. The summed E-state index contributed by atoms with van der Waals surface area (Å²) in [5.74, 6) is 1.21. The predicted molar refractivity (Wildman–Crippen MR) is 84.6 cm³/mol. The van der Waals surface area contributed by atoms with Crippen molar-refractivity contribution in [1.82, 2.24) is 9.55 Å². The van der Waals surface area contributed by atoms with Crippen LogP contribution in [0, 0.1) is 16.6 Å². The fourth-order valence-corrected chi connectivity index (χ4v) is 3.97. The molecular formula is C16H20N2OS. The third-order valence-electron chi connectivity index (χ3n) is 4.88. The van der Waals surface area contributed by atoms with Gasteiger partial charge in [-0.05, 0) is 49.0 Å². The number of aromatic nitrogens is 2. The molecule has 4 heteroatoms. The molecule has 0 amide bonds. The second kappa shape index (κ2) is 5.17. The molecule has 106 valence electrons. The highest BCUT2D eigenvalue weighted by atomic mass is 32.1. The van der Waals surface area contributed by atoms with Gasteiger partial charge in [0.15, 0.2) is 4.77 Å². The summed E-state index contributed by atoms with van der Waals surface area (Å²) >= 11 is 5.44. The Morgan fingerprint density at radius 1 is 1.35 bits per heavy atom. The molecule has 1 aliphatic rings. The highest BCUT2D eigenvalue weighted by Gasteiger charge is 2.33. The first-order valence-electron chi connectivity index (χ1n) is 7.37. The smallest absolute Gasteiger partial charge is 0.262 e. The Balaban J connectivity index is 2.18. The normalized spacial score (nSPS) is 26.2. The second-order valence-electron chi connectivity index (χ2n) is 5.82. The van der Waals surface area contributed by atoms with Gasteiger partial charge in [-0.2, -0.15) is 0 Å². The van der Waals surface area contributed by atoms with E-state index in [0.717, 1.165) is 17.3 Å². The first-order chi connectivity index (χ1) is 9.63. The van der Waals surface area contributed by atoms with Gasteiger partial charge in [0, 0.05) is 6.04 Å². The fraction of sp³-hybridized carbons (Fsp3) is 0.500. The van der Waals surface area contributed by atoms with Gasteiger partial charge in [-0.3, -0.25) is 9.36 Å². The van der Waals surface area contributed by atoms with Crippen LogP contribution < -0.4 is 5.56 Å². The number of aromatic amines is 1. The van der Waals surface area contributed by atoms with Crippen LogP contribution in [0.3, 0.4) is 0 Å². The zero-order valence-corrected chi connectivity index (χ0v) is 12.7. The molecule has 0 radical (unpaired) electrons. The molecule has 1 aliphatic carbocycles. The van der Waals surface area contributed by atoms with E-state index in [1.807, 2.05) is 28.8 Å². The van der Waals surface area contributed by atoms with Crippen molar-refractivity contribution in [2.24, 2.45) is 11.8 Å². The lowest BCUT2D eigenvalue weighted by Gasteiger charge is -2.22. The molecule has 1 aromatic carbocycles. The van der Waals surface area contributed by atoms with Gasteiger partial charge < -0.3 is 4.98 Å². The highest BCUT2D eigenvalue weighted by molar-refractivity contribution is 7.71. The van der Waals surface area contributed by atoms with E-state index in [9.17, 15) is 4.79 Å². The molecule has 1 heterocycles. The molecule has 3 nitrogen and oxygen atoms in total. The number of para-hydroxylation sites is 1. The minimum Gasteiger partial charge on any atom is -0.332 e. The van der Waals surface area contributed by atoms with Gasteiger partial charge in [0.25, 0.3) is 5.56 Å². The monoisotopic (exact) mass is 288 g/mol. The van der Waals surface area contributed by atoms with E-state index in [1.54, 1.807) is 0 Å². The van der Waals surface area contributed by atoms with Gasteiger partial charge >= 0.3 is 0 Å². The van der Waals surface area contributed by atoms with Gasteiger partial charge in [-0.15, -0.1) is 0 Å². The van der Waals surface area contributed by atoms with Gasteiger partial charge in [0.05, 0.1) is 10.9 Å². The van der Waals surface area contributed by atoms with E-state index < -0.39 is 0 Å². The Morgan fingerprint density at radius 3 is 2.80 bits per heavy atom. The number of nitrogens with one attached hydrogen (secondary N) is 1. The van der Waals surface area contributed by atoms with Crippen LogP contribution in [0.5, 0.6) is 0 Å². The molecule has 3 unspecified atom stereocenters. The summed E-state index contributed by atoms with van der Waals surface area (Å²) in [4.78, 5) is 16.0. The van der Waals surface area contributed by atoms with Crippen molar-refractivity contribution >= 4 is 23.1 Å². The minimum absolute atomic E-state index is 0.0537. The van der Waals surface area contributed by atoms with Gasteiger partial charge in [0.2, 0.25) is 0 Å². The first kappa shape index (κ1) is 13.6. The van der Waals surface area contributed by atoms with E-state index >= 15 is 0 Å². The number of hydrogen-bond donors (Lipinski definition) is 1. The molecule has 3 rings (SSSR count). The number of benzene rings is 1. The summed E-state index contributed by atoms with van der Waals surface area (Å²) in [6.07, 6.45) is 3.42. The molecule has 3 atom stereocenters. The largest absolute Gasteiger partial charge is 0.332 e. The molecule has 1 aromatic heterocycles. The third kappa shape index (κ3) is 2.03. The number of hydrogen-bond acceptors (Lipinski definition) is 2. The van der Waals surface area contributed by atoms with E-state index in [0.29, 0.717) is 16.6 Å². The Labute approximate surface area is 123 Å². The maximum atomic E-state index is 12.8. The summed E-state index contributed by atoms with van der Waals surface area (Å²) in [5, 5.41) is 0.730. The van der Waals surface area contributed by atoms with Crippen molar-refractivity contribution < 1.29 is 0 Å². The Kier molecular flexibility index (Phi) is 3.50. The average Bonchev–Trinajstić information content (AvgIpc) is 2.80. The summed E-state index contributed by atoms with van der Waals surface area (Å²) in [6.45, 7) is 4.48. The van der Waals surface area contributed by atoms with Crippen LogP contribution in [0.4, 0.5) is 0 Å². The van der Waals surface area contributed by atoms with E-state index in [1.165, 1.54) is 12.8 Å². The van der Waals surface area contributed by atoms with Gasteiger partial charge in [-0.25, -0.2) is 0 Å². The van der Waals surface area contributed by atoms with E-state index in [4.69, 9.17) is 12.2 Å². The maximum absolute atomic E-state index is 12.8. The maximum Gasteiger partial charge on any atom is 0.262 e. The number of H-pyrrole nitrogens is 1. The first-order valence-corrected chi connectivity index (χ1v) is 7.78. The average molecular weight is 288 g/mol. The molecule has 0 saturated heterocycles. The highest BCUT2D eigenvalue weighted by Crippen LogP contribution is 2.41. The van der Waals surface area contributed by atoms with Crippen LogP contribution in [-0.4, -0.2) is 9.55 Å². The molecule has 1 saturated carbocycles. The summed E-state index contributed by atoms with van der Waals surface area (Å²) in [5.41, 5.74) is 0.884. The van der Waals surface area contributed by atoms with Crippen molar-refractivity contribution in [3.8, 4) is 0 Å². The zero-order chi connectivity index (χ0) is 14.3. The summed E-state index contributed by atoms with van der Waals surface area (Å²) in [6, 6.07) is 7.83. The van der Waals surface area contributed by atoms with Crippen LogP contribution >= 0.6 is 12.2 Å². The summed E-state index contributed by atoms with van der Waals surface area (Å²) < 4.78 is 2.38. The second-order valence-corrected chi connectivity index (χ2v) is 6.21. The van der Waals surface area contributed by atoms with Gasteiger partial charge in [-0.1, -0.05) is 32.4 Å². The van der Waals surface area contributed by atoms with E-state index in [-0.39, 0.29) is 11.6 Å². The predicted octanol–water partition coefficient (Wildman–Crippen LogP) is 4.06. The van der Waals surface area contributed by atoms with Crippen LogP contribution in [0.2, 0.25) is 0 Å². The Bertz CT molecular complexity index is 746. The molecule has 1 fully saturated rings. The van der Waals surface area contributed by atoms with Crippen LogP contribution in [0.25, 0.3) is 10.9 Å². The zero-order valence-electron chi connectivity index (χ0n) is 11.9. The topological polar surface area (TPSA) is 37.8 Å². The van der Waals surface area contributed by atoms with Crippen LogP contribution in [-0.2, 0) is 0 Å². The number of fused-ring (bicyclic) bond motifs is 1. The van der Waals surface area contributed by atoms with Crippen molar-refractivity contribution in [1.29, 1.82) is 0 Å². The van der Waals surface area contributed by atoms with Crippen molar-refractivity contribution in [2.75, 3.05) is 0 Å². The van der Waals surface area contributed by atoms with Crippen molar-refractivity contribution in [2.45, 2.75) is 39.2 Å². The number of nitrogens with zero attached hydrogens (tertiary/aromatic N) is 1. The fourth-order valence-electron chi connectivity index (χ4n) is 3.64. The molecule has 0 bridgehead atoms. The van der Waals surface area contributed by atoms with Gasteiger partial charge in [0.1, 0.15) is 0 Å². The molecule has 0 aliphatic heterocycles. The van der Waals surface area contributed by atoms with E-state index in [2.05, 4.69) is 18.8 Å². The Hall–Kier alpha value is -1.42. The molecular weight excluding hydrogens is 268 g/mol. The van der Waals surface area contributed by atoms with Crippen molar-refractivity contribution in [3.63, 3.8) is 0 Å². The quantitative estimate of drug-likeness (QED) is 0.846. The van der Waals surface area contributed by atoms with Crippen LogP contribution in [0.15, 0.2) is 29.1 Å². The SMILES string of the molecule is CCC1CCC(n2c(=S)[nH]c3ccccc3c2=O)C1C. The molecule has 2 aromatic rings. The third-order valence-corrected chi connectivity index (χ3v) is 5.18. The lowest BCUT2D eigenvalue weighted by Crippen LogP contribution is -2.29. The standard InChI is InChI=1S/C16H20N2OS/c1-3-11-8-9-14(10(11)2)18-15(19)12-6-4-5-7-13(12)17-16(18)20/h4-7,10-11,14H,3,8-9H2,1-2H3,(H,17,20). The number of rotatable bonds is 2. The van der Waals surface area contributed by atoms with Crippen molar-refractivity contribution in [3.05, 3.63) is 39.4 Å². The molecule has 0 spiro atoms. The summed E-state index contributed by atoms with van der Waals surface area (Å²) in [7, 11) is 0. The molecule has 1 N–H and O–H groups in total. The lowest BCUT2D eigenvalue weighted by atomic mass is 9.93.